The zero-order valence-electron chi connectivity index (χ0n) is 8.55. The van der Waals surface area contributed by atoms with Gasteiger partial charge in [0.1, 0.15) is 0 Å². The molecule has 0 radical (unpaired) electrons. The Morgan fingerprint density at radius 3 is 2.17 bits per heavy atom. The zero-order valence-corrected chi connectivity index (χ0v) is 8.55. The van der Waals surface area contributed by atoms with E-state index >= 15 is 0 Å². The summed E-state index contributed by atoms with van der Waals surface area (Å²) in [6.07, 6.45) is 1.90. The van der Waals surface area contributed by atoms with E-state index in [-0.39, 0.29) is 5.41 Å². The standard InChI is InChI=1S/C10H20O2/c1-5-10(11,9(2,3)4)6-8-7-12-8/h8,11H,5-7H2,1-4H3. The lowest BCUT2D eigenvalue weighted by molar-refractivity contribution is -0.0717. The maximum atomic E-state index is 10.3. The first-order chi connectivity index (χ1) is 5.39. The summed E-state index contributed by atoms with van der Waals surface area (Å²) in [5.74, 6) is 0. The van der Waals surface area contributed by atoms with Crippen LogP contribution in [0.15, 0.2) is 0 Å². The van der Waals surface area contributed by atoms with Gasteiger partial charge in [-0.1, -0.05) is 27.7 Å². The molecule has 2 nitrogen and oxygen atoms in total. The Bertz CT molecular complexity index is 156. The van der Waals surface area contributed by atoms with Gasteiger partial charge in [-0.2, -0.15) is 0 Å². The molecular weight excluding hydrogens is 152 g/mol. The largest absolute Gasteiger partial charge is 0.389 e. The highest BCUT2D eigenvalue weighted by atomic mass is 16.6. The van der Waals surface area contributed by atoms with Crippen molar-refractivity contribution < 1.29 is 9.84 Å². The fourth-order valence-electron chi connectivity index (χ4n) is 1.54. The molecule has 1 N–H and O–H groups in total. The average Bonchev–Trinajstić information content (AvgIpc) is 2.69. The number of rotatable bonds is 3. The second kappa shape index (κ2) is 3.00. The van der Waals surface area contributed by atoms with E-state index < -0.39 is 5.60 Å². The third-order valence-electron chi connectivity index (χ3n) is 2.95. The summed E-state index contributed by atoms with van der Waals surface area (Å²) < 4.78 is 5.14. The molecule has 2 unspecified atom stereocenters. The second-order valence-electron chi connectivity index (χ2n) is 4.79. The molecule has 1 saturated heterocycles. The van der Waals surface area contributed by atoms with Crippen LogP contribution in [0.1, 0.15) is 40.5 Å². The molecule has 1 fully saturated rings. The molecule has 12 heavy (non-hydrogen) atoms. The third kappa shape index (κ3) is 1.99. The smallest absolute Gasteiger partial charge is 0.0837 e. The normalized spacial score (nSPS) is 28.2. The van der Waals surface area contributed by atoms with Gasteiger partial charge in [0.25, 0.3) is 0 Å². The molecule has 0 spiro atoms. The number of hydrogen-bond acceptors (Lipinski definition) is 2. The summed E-state index contributed by atoms with van der Waals surface area (Å²) in [4.78, 5) is 0. The van der Waals surface area contributed by atoms with Crippen LogP contribution >= 0.6 is 0 Å². The van der Waals surface area contributed by atoms with Crippen molar-refractivity contribution in [3.63, 3.8) is 0 Å². The van der Waals surface area contributed by atoms with Gasteiger partial charge >= 0.3 is 0 Å². The van der Waals surface area contributed by atoms with Crippen LogP contribution in [0.5, 0.6) is 0 Å². The Morgan fingerprint density at radius 2 is 1.92 bits per heavy atom. The SMILES string of the molecule is CCC(O)(CC1CO1)C(C)(C)C. The van der Waals surface area contributed by atoms with E-state index in [9.17, 15) is 5.11 Å². The Hall–Kier alpha value is -0.0800. The van der Waals surface area contributed by atoms with Gasteiger partial charge in [-0.3, -0.25) is 0 Å². The van der Waals surface area contributed by atoms with Crippen molar-refractivity contribution in [2.45, 2.75) is 52.2 Å². The van der Waals surface area contributed by atoms with Crippen molar-refractivity contribution in [2.75, 3.05) is 6.61 Å². The van der Waals surface area contributed by atoms with Crippen LogP contribution in [0.3, 0.4) is 0 Å². The molecule has 0 saturated carbocycles. The Labute approximate surface area is 74.9 Å². The zero-order chi connectivity index (χ0) is 9.41. The Kier molecular flexibility index (Phi) is 2.50. The molecule has 2 heteroatoms. The van der Waals surface area contributed by atoms with Gasteiger partial charge < -0.3 is 9.84 Å². The van der Waals surface area contributed by atoms with Crippen LogP contribution in [-0.4, -0.2) is 23.4 Å². The van der Waals surface area contributed by atoms with Gasteiger partial charge in [0.15, 0.2) is 0 Å². The topological polar surface area (TPSA) is 32.8 Å². The summed E-state index contributed by atoms with van der Waals surface area (Å²) in [6, 6.07) is 0. The van der Waals surface area contributed by atoms with Gasteiger partial charge in [-0.05, 0) is 11.8 Å². The molecule has 1 rings (SSSR count). The molecule has 0 bridgehead atoms. The third-order valence-corrected chi connectivity index (χ3v) is 2.95. The molecule has 0 aromatic carbocycles. The van der Waals surface area contributed by atoms with Gasteiger partial charge in [-0.15, -0.1) is 0 Å². The van der Waals surface area contributed by atoms with Gasteiger partial charge in [0.05, 0.1) is 18.3 Å². The maximum absolute atomic E-state index is 10.3. The molecule has 1 aliphatic rings. The second-order valence-corrected chi connectivity index (χ2v) is 4.79. The quantitative estimate of drug-likeness (QED) is 0.660. The van der Waals surface area contributed by atoms with Crippen LogP contribution in [0.25, 0.3) is 0 Å². The fourth-order valence-corrected chi connectivity index (χ4v) is 1.54. The highest BCUT2D eigenvalue weighted by molar-refractivity contribution is 4.93. The maximum Gasteiger partial charge on any atom is 0.0837 e. The lowest BCUT2D eigenvalue weighted by atomic mass is 9.72. The summed E-state index contributed by atoms with van der Waals surface area (Å²) in [5, 5.41) is 10.3. The number of epoxide rings is 1. The first-order valence-corrected chi connectivity index (χ1v) is 4.73. The summed E-state index contributed by atoms with van der Waals surface area (Å²) >= 11 is 0. The van der Waals surface area contributed by atoms with Crippen LogP contribution in [0.4, 0.5) is 0 Å². The molecule has 0 aromatic rings. The van der Waals surface area contributed by atoms with E-state index in [0.29, 0.717) is 6.10 Å². The predicted molar refractivity (Wildman–Crippen MR) is 49.1 cm³/mol. The average molecular weight is 172 g/mol. The van der Waals surface area contributed by atoms with Crippen molar-refractivity contribution in [1.29, 1.82) is 0 Å². The molecule has 0 aromatic heterocycles. The van der Waals surface area contributed by atoms with Gasteiger partial charge in [0, 0.05) is 6.42 Å². The van der Waals surface area contributed by atoms with Gasteiger partial charge in [-0.25, -0.2) is 0 Å². The Morgan fingerprint density at radius 1 is 1.42 bits per heavy atom. The molecule has 72 valence electrons. The lowest BCUT2D eigenvalue weighted by Gasteiger charge is -2.39. The summed E-state index contributed by atoms with van der Waals surface area (Å²) in [6.45, 7) is 9.11. The van der Waals surface area contributed by atoms with Crippen LogP contribution in [0.2, 0.25) is 0 Å². The van der Waals surface area contributed by atoms with E-state index in [1.807, 2.05) is 6.92 Å². The van der Waals surface area contributed by atoms with Crippen LogP contribution in [0, 0.1) is 5.41 Å². The monoisotopic (exact) mass is 172 g/mol. The molecule has 2 atom stereocenters. The Balaban J connectivity index is 2.59. The number of hydrogen-bond donors (Lipinski definition) is 1. The lowest BCUT2D eigenvalue weighted by Crippen LogP contribution is -2.43. The van der Waals surface area contributed by atoms with E-state index in [1.54, 1.807) is 0 Å². The minimum atomic E-state index is -0.561. The number of aliphatic hydroxyl groups is 1. The van der Waals surface area contributed by atoms with Crippen molar-refractivity contribution in [2.24, 2.45) is 5.41 Å². The molecule has 1 aliphatic heterocycles. The van der Waals surface area contributed by atoms with Gasteiger partial charge in [0.2, 0.25) is 0 Å². The highest BCUT2D eigenvalue weighted by Gasteiger charge is 2.43. The molecular formula is C10H20O2. The predicted octanol–water partition coefficient (Wildman–Crippen LogP) is 1.96. The van der Waals surface area contributed by atoms with E-state index in [0.717, 1.165) is 19.4 Å². The molecule has 0 amide bonds. The molecule has 0 aliphatic carbocycles. The number of ether oxygens (including phenoxy) is 1. The summed E-state index contributed by atoms with van der Waals surface area (Å²) in [5.41, 5.74) is -0.609. The first-order valence-electron chi connectivity index (χ1n) is 4.73. The summed E-state index contributed by atoms with van der Waals surface area (Å²) in [7, 11) is 0. The van der Waals surface area contributed by atoms with E-state index in [1.165, 1.54) is 0 Å². The van der Waals surface area contributed by atoms with E-state index in [2.05, 4.69) is 20.8 Å². The molecule has 1 heterocycles. The minimum absolute atomic E-state index is 0.0479. The van der Waals surface area contributed by atoms with E-state index in [4.69, 9.17) is 4.74 Å². The van der Waals surface area contributed by atoms with Crippen molar-refractivity contribution in [3.8, 4) is 0 Å². The van der Waals surface area contributed by atoms with Crippen LogP contribution < -0.4 is 0 Å². The minimum Gasteiger partial charge on any atom is -0.389 e. The van der Waals surface area contributed by atoms with Crippen molar-refractivity contribution >= 4 is 0 Å². The van der Waals surface area contributed by atoms with Crippen LogP contribution in [-0.2, 0) is 4.74 Å². The highest BCUT2D eigenvalue weighted by Crippen LogP contribution is 2.39. The first kappa shape index (κ1) is 10.0. The van der Waals surface area contributed by atoms with Crippen molar-refractivity contribution in [3.05, 3.63) is 0 Å². The fraction of sp³-hybridized carbons (Fsp3) is 1.00. The van der Waals surface area contributed by atoms with Crippen molar-refractivity contribution in [1.82, 2.24) is 0 Å².